The van der Waals surface area contributed by atoms with Crippen LogP contribution in [-0.4, -0.2) is 14.6 Å². The number of aryl methyl sites for hydroxylation is 1. The maximum absolute atomic E-state index is 5.78. The molecule has 0 saturated heterocycles. The Balaban J connectivity index is 2.49. The highest BCUT2D eigenvalue weighted by Gasteiger charge is 2.01. The first kappa shape index (κ1) is 8.51. The average molecular weight is 196 g/mol. The Morgan fingerprint density at radius 3 is 3.15 bits per heavy atom. The molecule has 0 amide bonds. The van der Waals surface area contributed by atoms with Crippen LogP contribution in [-0.2, 0) is 6.42 Å². The quantitative estimate of drug-likeness (QED) is 0.737. The number of fused-ring (bicyclic) bond motifs is 1. The molecule has 0 aromatic carbocycles. The number of halogens is 1. The van der Waals surface area contributed by atoms with Crippen LogP contribution >= 0.6 is 11.6 Å². The lowest BCUT2D eigenvalue weighted by Gasteiger charge is -1.91. The molecule has 4 heteroatoms. The number of rotatable bonds is 2. The fraction of sp³-hybridized carbons (Fsp3) is 0.333. The maximum Gasteiger partial charge on any atom is 0.155 e. The van der Waals surface area contributed by atoms with E-state index < -0.39 is 0 Å². The van der Waals surface area contributed by atoms with Gasteiger partial charge in [-0.1, -0.05) is 24.9 Å². The van der Waals surface area contributed by atoms with Gasteiger partial charge in [-0.25, -0.2) is 9.50 Å². The fourth-order valence-electron chi connectivity index (χ4n) is 1.28. The summed E-state index contributed by atoms with van der Waals surface area (Å²) in [4.78, 5) is 4.15. The minimum Gasteiger partial charge on any atom is -0.235 e. The highest BCUT2D eigenvalue weighted by molar-refractivity contribution is 6.30. The van der Waals surface area contributed by atoms with E-state index in [4.69, 9.17) is 11.6 Å². The van der Waals surface area contributed by atoms with Gasteiger partial charge in [-0.15, -0.1) is 0 Å². The lowest BCUT2D eigenvalue weighted by molar-refractivity contribution is 0.833. The van der Waals surface area contributed by atoms with Crippen molar-refractivity contribution in [2.45, 2.75) is 19.8 Å². The van der Waals surface area contributed by atoms with Crippen LogP contribution in [0.5, 0.6) is 0 Å². The molecule has 0 aliphatic carbocycles. The van der Waals surface area contributed by atoms with Gasteiger partial charge in [-0.2, -0.15) is 5.10 Å². The second-order valence-electron chi connectivity index (χ2n) is 2.96. The summed E-state index contributed by atoms with van der Waals surface area (Å²) < 4.78 is 1.72. The average Bonchev–Trinajstić information content (AvgIpc) is 2.46. The van der Waals surface area contributed by atoms with Crippen LogP contribution in [0.2, 0.25) is 5.02 Å². The van der Waals surface area contributed by atoms with Gasteiger partial charge in [0.15, 0.2) is 5.65 Å². The van der Waals surface area contributed by atoms with Gasteiger partial charge in [0.1, 0.15) is 0 Å². The second-order valence-corrected chi connectivity index (χ2v) is 3.40. The van der Waals surface area contributed by atoms with Crippen LogP contribution in [0, 0.1) is 0 Å². The zero-order chi connectivity index (χ0) is 9.26. The summed E-state index contributed by atoms with van der Waals surface area (Å²) in [5.41, 5.74) is 1.92. The molecule has 2 heterocycles. The third-order valence-corrected chi connectivity index (χ3v) is 2.03. The first-order chi connectivity index (χ1) is 6.29. The molecule has 68 valence electrons. The van der Waals surface area contributed by atoms with Crippen molar-refractivity contribution in [3.05, 3.63) is 29.2 Å². The number of aromatic nitrogens is 3. The summed E-state index contributed by atoms with van der Waals surface area (Å²) in [7, 11) is 0. The third-order valence-electron chi connectivity index (χ3n) is 1.84. The van der Waals surface area contributed by atoms with Crippen LogP contribution in [0.3, 0.4) is 0 Å². The summed E-state index contributed by atoms with van der Waals surface area (Å²) in [6.07, 6.45) is 5.48. The molecule has 2 aromatic heterocycles. The highest BCUT2D eigenvalue weighted by Crippen LogP contribution is 2.10. The van der Waals surface area contributed by atoms with E-state index in [2.05, 4.69) is 17.0 Å². The zero-order valence-electron chi connectivity index (χ0n) is 7.37. The summed E-state index contributed by atoms with van der Waals surface area (Å²) >= 11 is 5.78. The Hall–Kier alpha value is -1.09. The van der Waals surface area contributed by atoms with Crippen LogP contribution < -0.4 is 0 Å². The molecule has 0 aliphatic heterocycles. The Bertz CT molecular complexity index is 422. The lowest BCUT2D eigenvalue weighted by Crippen LogP contribution is -1.89. The minimum absolute atomic E-state index is 0.610. The van der Waals surface area contributed by atoms with Crippen molar-refractivity contribution >= 4 is 17.2 Å². The van der Waals surface area contributed by atoms with Gasteiger partial charge in [0.2, 0.25) is 0 Å². The number of nitrogens with zero attached hydrogens (tertiary/aromatic N) is 3. The molecule has 3 nitrogen and oxygen atoms in total. The molecule has 0 radical (unpaired) electrons. The Kier molecular flexibility index (Phi) is 2.19. The molecule has 2 rings (SSSR count). The molecular formula is C9H10ClN3. The summed E-state index contributed by atoms with van der Waals surface area (Å²) in [5, 5.41) is 4.94. The van der Waals surface area contributed by atoms with E-state index >= 15 is 0 Å². The van der Waals surface area contributed by atoms with Gasteiger partial charge in [0.25, 0.3) is 0 Å². The van der Waals surface area contributed by atoms with E-state index in [0.717, 1.165) is 24.2 Å². The van der Waals surface area contributed by atoms with Crippen molar-refractivity contribution in [2.24, 2.45) is 0 Å². The first-order valence-electron chi connectivity index (χ1n) is 4.29. The molecule has 0 fully saturated rings. The summed E-state index contributed by atoms with van der Waals surface area (Å²) in [6, 6.07) is 1.99. The van der Waals surface area contributed by atoms with Crippen LogP contribution in [0.4, 0.5) is 0 Å². The van der Waals surface area contributed by atoms with Gasteiger partial charge >= 0.3 is 0 Å². The molecule has 0 spiro atoms. The van der Waals surface area contributed by atoms with E-state index in [9.17, 15) is 0 Å². The monoisotopic (exact) mass is 195 g/mol. The molecule has 13 heavy (non-hydrogen) atoms. The zero-order valence-corrected chi connectivity index (χ0v) is 8.12. The molecule has 2 aromatic rings. The van der Waals surface area contributed by atoms with E-state index in [1.165, 1.54) is 0 Å². The number of hydrogen-bond acceptors (Lipinski definition) is 2. The Morgan fingerprint density at radius 2 is 2.38 bits per heavy atom. The molecule has 0 bridgehead atoms. The maximum atomic E-state index is 5.78. The topological polar surface area (TPSA) is 30.2 Å². The smallest absolute Gasteiger partial charge is 0.155 e. The highest BCUT2D eigenvalue weighted by atomic mass is 35.5. The molecule has 0 aliphatic rings. The normalized spacial score (nSPS) is 10.9. The molecule has 0 unspecified atom stereocenters. The van der Waals surface area contributed by atoms with Gasteiger partial charge in [-0.05, 0) is 6.42 Å². The van der Waals surface area contributed by atoms with Gasteiger partial charge in [0, 0.05) is 12.3 Å². The van der Waals surface area contributed by atoms with Crippen LogP contribution in [0.1, 0.15) is 19.0 Å². The molecule has 0 atom stereocenters. The predicted octanol–water partition coefficient (Wildman–Crippen LogP) is 2.34. The lowest BCUT2D eigenvalue weighted by atomic mass is 10.2. The largest absolute Gasteiger partial charge is 0.235 e. The Morgan fingerprint density at radius 1 is 1.54 bits per heavy atom. The van der Waals surface area contributed by atoms with Gasteiger partial charge in [-0.3, -0.25) is 0 Å². The van der Waals surface area contributed by atoms with E-state index in [1.807, 2.05) is 6.07 Å². The molecule has 0 saturated carbocycles. The van der Waals surface area contributed by atoms with Crippen LogP contribution in [0.15, 0.2) is 18.5 Å². The summed E-state index contributed by atoms with van der Waals surface area (Å²) in [6.45, 7) is 2.13. The fourth-order valence-corrected chi connectivity index (χ4v) is 1.42. The second kappa shape index (κ2) is 3.34. The molecule has 0 N–H and O–H groups in total. The first-order valence-corrected chi connectivity index (χ1v) is 4.67. The minimum atomic E-state index is 0.610. The predicted molar refractivity (Wildman–Crippen MR) is 52.0 cm³/mol. The standard InChI is InChI=1S/C9H10ClN3/c1-2-3-8-4-9-11-5-7(10)6-13(9)12-8/h4-6H,2-3H2,1H3. The van der Waals surface area contributed by atoms with E-state index in [0.29, 0.717) is 5.02 Å². The van der Waals surface area contributed by atoms with Gasteiger partial charge < -0.3 is 0 Å². The van der Waals surface area contributed by atoms with E-state index in [-0.39, 0.29) is 0 Å². The van der Waals surface area contributed by atoms with E-state index in [1.54, 1.807) is 16.9 Å². The molecular weight excluding hydrogens is 186 g/mol. The van der Waals surface area contributed by atoms with Crippen molar-refractivity contribution in [1.82, 2.24) is 14.6 Å². The summed E-state index contributed by atoms with van der Waals surface area (Å²) in [5.74, 6) is 0. The van der Waals surface area contributed by atoms with Crippen LogP contribution in [0.25, 0.3) is 5.65 Å². The number of hydrogen-bond donors (Lipinski definition) is 0. The van der Waals surface area contributed by atoms with Crippen molar-refractivity contribution in [3.8, 4) is 0 Å². The van der Waals surface area contributed by atoms with Crippen molar-refractivity contribution in [3.63, 3.8) is 0 Å². The van der Waals surface area contributed by atoms with Crippen molar-refractivity contribution < 1.29 is 0 Å². The Labute approximate surface area is 81.4 Å². The SMILES string of the molecule is CCCc1cc2ncc(Cl)cn2n1. The third kappa shape index (κ3) is 1.65. The van der Waals surface area contributed by atoms with Gasteiger partial charge in [0.05, 0.1) is 16.9 Å². The van der Waals surface area contributed by atoms with Crippen molar-refractivity contribution in [2.75, 3.05) is 0 Å². The van der Waals surface area contributed by atoms with Crippen molar-refractivity contribution in [1.29, 1.82) is 0 Å².